The SMILES string of the molecule is COC(=O)N1CCn2c(nnc2-c2ccccc2)C1. The van der Waals surface area contributed by atoms with Crippen LogP contribution in [-0.4, -0.2) is 39.4 Å². The first-order valence-corrected chi connectivity index (χ1v) is 6.10. The van der Waals surface area contributed by atoms with E-state index in [9.17, 15) is 4.79 Å². The van der Waals surface area contributed by atoms with Crippen molar-refractivity contribution in [3.63, 3.8) is 0 Å². The van der Waals surface area contributed by atoms with E-state index in [1.807, 2.05) is 30.3 Å². The number of hydrogen-bond donors (Lipinski definition) is 0. The average molecular weight is 258 g/mol. The fraction of sp³-hybridized carbons (Fsp3) is 0.308. The summed E-state index contributed by atoms with van der Waals surface area (Å²) < 4.78 is 6.78. The van der Waals surface area contributed by atoms with Gasteiger partial charge in [-0.3, -0.25) is 4.90 Å². The van der Waals surface area contributed by atoms with Gasteiger partial charge in [0.05, 0.1) is 13.7 Å². The summed E-state index contributed by atoms with van der Waals surface area (Å²) in [7, 11) is 1.39. The van der Waals surface area contributed by atoms with Crippen LogP contribution >= 0.6 is 0 Å². The monoisotopic (exact) mass is 258 g/mol. The fourth-order valence-electron chi connectivity index (χ4n) is 2.24. The molecule has 0 aliphatic carbocycles. The van der Waals surface area contributed by atoms with Crippen LogP contribution in [0, 0.1) is 0 Å². The molecule has 0 fully saturated rings. The molecule has 1 aromatic carbocycles. The summed E-state index contributed by atoms with van der Waals surface area (Å²) in [5.41, 5.74) is 1.03. The number of ether oxygens (including phenoxy) is 1. The summed E-state index contributed by atoms with van der Waals surface area (Å²) in [5, 5.41) is 8.39. The maximum atomic E-state index is 11.5. The van der Waals surface area contributed by atoms with Crippen molar-refractivity contribution in [2.75, 3.05) is 13.7 Å². The molecule has 2 aromatic rings. The van der Waals surface area contributed by atoms with E-state index in [2.05, 4.69) is 14.8 Å². The van der Waals surface area contributed by atoms with Crippen molar-refractivity contribution in [2.45, 2.75) is 13.1 Å². The highest BCUT2D eigenvalue weighted by atomic mass is 16.5. The molecule has 2 heterocycles. The Balaban J connectivity index is 1.90. The fourth-order valence-corrected chi connectivity index (χ4v) is 2.24. The van der Waals surface area contributed by atoms with Gasteiger partial charge >= 0.3 is 6.09 Å². The summed E-state index contributed by atoms with van der Waals surface area (Å²) in [5.74, 6) is 1.63. The van der Waals surface area contributed by atoms with Crippen molar-refractivity contribution >= 4 is 6.09 Å². The van der Waals surface area contributed by atoms with Gasteiger partial charge in [0.1, 0.15) is 0 Å². The van der Waals surface area contributed by atoms with Crippen LogP contribution in [0.5, 0.6) is 0 Å². The van der Waals surface area contributed by atoms with Crippen LogP contribution in [0.4, 0.5) is 4.79 Å². The van der Waals surface area contributed by atoms with Gasteiger partial charge in [-0.1, -0.05) is 30.3 Å². The summed E-state index contributed by atoms with van der Waals surface area (Å²) in [4.78, 5) is 13.1. The van der Waals surface area contributed by atoms with Crippen LogP contribution < -0.4 is 0 Å². The molecule has 0 atom stereocenters. The van der Waals surface area contributed by atoms with Crippen LogP contribution in [0.2, 0.25) is 0 Å². The highest BCUT2D eigenvalue weighted by Crippen LogP contribution is 2.21. The molecule has 1 amide bonds. The second-order valence-electron chi connectivity index (χ2n) is 4.35. The van der Waals surface area contributed by atoms with E-state index in [1.165, 1.54) is 7.11 Å². The van der Waals surface area contributed by atoms with Crippen LogP contribution in [-0.2, 0) is 17.8 Å². The van der Waals surface area contributed by atoms with Gasteiger partial charge in [-0.25, -0.2) is 4.79 Å². The Kier molecular flexibility index (Phi) is 2.91. The third-order valence-corrected chi connectivity index (χ3v) is 3.22. The first-order chi connectivity index (χ1) is 9.29. The zero-order valence-electron chi connectivity index (χ0n) is 10.6. The average Bonchev–Trinajstić information content (AvgIpc) is 2.90. The Morgan fingerprint density at radius 2 is 2.00 bits per heavy atom. The molecule has 0 saturated heterocycles. The highest BCUT2D eigenvalue weighted by molar-refractivity contribution is 5.67. The Morgan fingerprint density at radius 3 is 2.74 bits per heavy atom. The van der Waals surface area contributed by atoms with Gasteiger partial charge in [0.2, 0.25) is 0 Å². The third kappa shape index (κ3) is 2.05. The zero-order valence-corrected chi connectivity index (χ0v) is 10.6. The molecule has 3 rings (SSSR count). The number of rotatable bonds is 1. The third-order valence-electron chi connectivity index (χ3n) is 3.22. The van der Waals surface area contributed by atoms with E-state index in [-0.39, 0.29) is 6.09 Å². The largest absolute Gasteiger partial charge is 0.453 e. The maximum absolute atomic E-state index is 11.5. The Morgan fingerprint density at radius 1 is 1.21 bits per heavy atom. The van der Waals surface area contributed by atoms with Crippen LogP contribution in [0.1, 0.15) is 5.82 Å². The standard InChI is InChI=1S/C13H14N4O2/c1-19-13(18)16-7-8-17-11(9-16)14-15-12(17)10-5-3-2-4-6-10/h2-6H,7-9H2,1H3. The minimum atomic E-state index is -0.324. The van der Waals surface area contributed by atoms with Gasteiger partial charge in [-0.05, 0) is 0 Å². The van der Waals surface area contributed by atoms with E-state index in [4.69, 9.17) is 4.74 Å². The molecule has 0 saturated carbocycles. The number of fused-ring (bicyclic) bond motifs is 1. The van der Waals surface area contributed by atoms with Crippen molar-refractivity contribution < 1.29 is 9.53 Å². The highest BCUT2D eigenvalue weighted by Gasteiger charge is 2.25. The smallest absolute Gasteiger partial charge is 0.409 e. The van der Waals surface area contributed by atoms with E-state index in [1.54, 1.807) is 4.90 Å². The molecule has 0 radical (unpaired) electrons. The molecule has 1 aliphatic rings. The minimum absolute atomic E-state index is 0.324. The predicted molar refractivity (Wildman–Crippen MR) is 68.3 cm³/mol. The Hall–Kier alpha value is -2.37. The zero-order chi connectivity index (χ0) is 13.2. The lowest BCUT2D eigenvalue weighted by Crippen LogP contribution is -2.38. The quantitative estimate of drug-likeness (QED) is 0.778. The molecule has 6 heteroatoms. The number of benzene rings is 1. The molecule has 1 aliphatic heterocycles. The van der Waals surface area contributed by atoms with Crippen LogP contribution in [0.25, 0.3) is 11.4 Å². The summed E-state index contributed by atoms with van der Waals surface area (Å²) in [6.45, 7) is 1.73. The van der Waals surface area contributed by atoms with Crippen molar-refractivity contribution in [1.82, 2.24) is 19.7 Å². The van der Waals surface area contributed by atoms with E-state index in [0.717, 1.165) is 17.2 Å². The molecule has 0 bridgehead atoms. The Bertz CT molecular complexity index is 594. The normalized spacial score (nSPS) is 14.1. The van der Waals surface area contributed by atoms with Gasteiger partial charge in [0.15, 0.2) is 11.6 Å². The number of nitrogens with zero attached hydrogens (tertiary/aromatic N) is 4. The lowest BCUT2D eigenvalue weighted by molar-refractivity contribution is 0.111. The number of carbonyl (C=O) groups excluding carboxylic acids is 1. The summed E-state index contributed by atoms with van der Waals surface area (Å²) in [6.07, 6.45) is -0.324. The first kappa shape index (κ1) is 11.7. The van der Waals surface area contributed by atoms with Gasteiger partial charge in [-0.15, -0.1) is 10.2 Å². The second-order valence-corrected chi connectivity index (χ2v) is 4.35. The van der Waals surface area contributed by atoms with Gasteiger partial charge in [-0.2, -0.15) is 0 Å². The lowest BCUT2D eigenvalue weighted by atomic mass is 10.2. The number of carbonyl (C=O) groups is 1. The van der Waals surface area contributed by atoms with Crippen LogP contribution in [0.15, 0.2) is 30.3 Å². The van der Waals surface area contributed by atoms with E-state index < -0.39 is 0 Å². The number of aromatic nitrogens is 3. The van der Waals surface area contributed by atoms with Gasteiger partial charge in [0.25, 0.3) is 0 Å². The second kappa shape index (κ2) is 4.72. The van der Waals surface area contributed by atoms with Crippen molar-refractivity contribution in [3.8, 4) is 11.4 Å². The van der Waals surface area contributed by atoms with Crippen LogP contribution in [0.3, 0.4) is 0 Å². The molecular weight excluding hydrogens is 244 g/mol. The molecule has 6 nitrogen and oxygen atoms in total. The molecule has 0 N–H and O–H groups in total. The predicted octanol–water partition coefficient (Wildman–Crippen LogP) is 1.53. The molecule has 19 heavy (non-hydrogen) atoms. The lowest BCUT2D eigenvalue weighted by Gasteiger charge is -2.26. The maximum Gasteiger partial charge on any atom is 0.409 e. The summed E-state index contributed by atoms with van der Waals surface area (Å²) in [6, 6.07) is 9.92. The minimum Gasteiger partial charge on any atom is -0.453 e. The van der Waals surface area contributed by atoms with Gasteiger partial charge < -0.3 is 9.30 Å². The molecule has 1 aromatic heterocycles. The summed E-state index contributed by atoms with van der Waals surface area (Å²) >= 11 is 0. The topological polar surface area (TPSA) is 60.2 Å². The van der Waals surface area contributed by atoms with Crippen molar-refractivity contribution in [2.24, 2.45) is 0 Å². The first-order valence-electron chi connectivity index (χ1n) is 6.10. The molecule has 0 unspecified atom stereocenters. The van der Waals surface area contributed by atoms with Gasteiger partial charge in [0, 0.05) is 18.7 Å². The molecule has 98 valence electrons. The van der Waals surface area contributed by atoms with Crippen molar-refractivity contribution in [3.05, 3.63) is 36.2 Å². The number of amides is 1. The number of methoxy groups -OCH3 is 1. The number of hydrogen-bond acceptors (Lipinski definition) is 4. The Labute approximate surface area is 110 Å². The molecular formula is C13H14N4O2. The molecule has 0 spiro atoms. The van der Waals surface area contributed by atoms with E-state index in [0.29, 0.717) is 19.6 Å². The van der Waals surface area contributed by atoms with E-state index >= 15 is 0 Å². The van der Waals surface area contributed by atoms with Crippen molar-refractivity contribution in [1.29, 1.82) is 0 Å².